The first-order chi connectivity index (χ1) is 12.1. The first-order valence-corrected chi connectivity index (χ1v) is 8.46. The van der Waals surface area contributed by atoms with Crippen molar-refractivity contribution in [3.63, 3.8) is 0 Å². The molecule has 0 radical (unpaired) electrons. The van der Waals surface area contributed by atoms with Crippen molar-refractivity contribution in [2.24, 2.45) is 0 Å². The highest BCUT2D eigenvalue weighted by atomic mass is 32.2. The molecule has 0 aliphatic rings. The van der Waals surface area contributed by atoms with Gasteiger partial charge in [-0.1, -0.05) is 30.0 Å². The van der Waals surface area contributed by atoms with Gasteiger partial charge in [-0.25, -0.2) is 5.10 Å². The molecule has 0 bridgehead atoms. The molecule has 0 aliphatic carbocycles. The Labute approximate surface area is 149 Å². The molecule has 0 fully saturated rings. The Kier molecular flexibility index (Phi) is 5.20. The van der Waals surface area contributed by atoms with Crippen molar-refractivity contribution in [3.05, 3.63) is 54.6 Å². The van der Waals surface area contributed by atoms with Crippen LogP contribution in [0.25, 0.3) is 0 Å². The van der Waals surface area contributed by atoms with E-state index in [1.54, 1.807) is 31.2 Å². The molecule has 7 nitrogen and oxygen atoms in total. The zero-order chi connectivity index (χ0) is 17.6. The van der Waals surface area contributed by atoms with Crippen LogP contribution in [0.3, 0.4) is 0 Å². The zero-order valence-electron chi connectivity index (χ0n) is 13.5. The Bertz CT molecular complexity index is 836. The second kappa shape index (κ2) is 7.71. The summed E-state index contributed by atoms with van der Waals surface area (Å²) in [6.07, 6.45) is 0. The van der Waals surface area contributed by atoms with E-state index in [0.717, 1.165) is 5.75 Å². The molecule has 25 heavy (non-hydrogen) atoms. The monoisotopic (exact) mass is 355 g/mol. The lowest BCUT2D eigenvalue weighted by Gasteiger charge is -2.11. The van der Waals surface area contributed by atoms with Crippen LogP contribution in [0.5, 0.6) is 11.5 Å². The maximum Gasteiger partial charge on any atom is 0.237 e. The number of hydrogen-bond donors (Lipinski definition) is 3. The van der Waals surface area contributed by atoms with E-state index >= 15 is 0 Å². The van der Waals surface area contributed by atoms with E-state index in [1.165, 1.54) is 11.8 Å². The molecular formula is C17H17N5O2S. The van der Waals surface area contributed by atoms with Crippen LogP contribution in [0, 0.1) is 0 Å². The van der Waals surface area contributed by atoms with Gasteiger partial charge in [0.2, 0.25) is 17.0 Å². The number of nitrogens with two attached hydrogens (primary N) is 1. The van der Waals surface area contributed by atoms with Crippen LogP contribution < -0.4 is 15.8 Å². The van der Waals surface area contributed by atoms with Crippen LogP contribution in [0.1, 0.15) is 6.92 Å². The molecule has 2 aromatic carbocycles. The number of aromatic amines is 1. The molecule has 0 saturated carbocycles. The van der Waals surface area contributed by atoms with Crippen molar-refractivity contribution >= 4 is 29.3 Å². The molecular weight excluding hydrogens is 338 g/mol. The number of carbonyl (C=O) groups is 1. The molecule has 1 amide bonds. The Hall–Kier alpha value is -3.00. The van der Waals surface area contributed by atoms with E-state index < -0.39 is 0 Å². The Morgan fingerprint density at radius 3 is 2.48 bits per heavy atom. The molecule has 4 N–H and O–H groups in total. The smallest absolute Gasteiger partial charge is 0.237 e. The van der Waals surface area contributed by atoms with Gasteiger partial charge in [-0.15, -0.1) is 5.10 Å². The highest BCUT2D eigenvalue weighted by molar-refractivity contribution is 8.00. The second-order valence-corrected chi connectivity index (χ2v) is 6.50. The highest BCUT2D eigenvalue weighted by Crippen LogP contribution is 2.24. The highest BCUT2D eigenvalue weighted by Gasteiger charge is 2.17. The minimum atomic E-state index is -0.365. The largest absolute Gasteiger partial charge is 0.457 e. The second-order valence-electron chi connectivity index (χ2n) is 5.19. The number of nitrogens with one attached hydrogen (secondary N) is 2. The van der Waals surface area contributed by atoms with E-state index in [9.17, 15) is 4.79 Å². The summed E-state index contributed by atoms with van der Waals surface area (Å²) < 4.78 is 5.72. The van der Waals surface area contributed by atoms with Crippen molar-refractivity contribution in [1.82, 2.24) is 15.2 Å². The SMILES string of the molecule is C[C@@H](Sc1n[nH]c(N)n1)C(=O)Nc1ccc(Oc2ccccc2)cc1. The van der Waals surface area contributed by atoms with Crippen molar-refractivity contribution in [1.29, 1.82) is 0 Å². The average Bonchev–Trinajstić information content (AvgIpc) is 3.02. The fourth-order valence-corrected chi connectivity index (χ4v) is 2.73. The number of hydrogen-bond acceptors (Lipinski definition) is 6. The number of ether oxygens (including phenoxy) is 1. The molecule has 128 valence electrons. The number of rotatable bonds is 6. The van der Waals surface area contributed by atoms with E-state index in [1.807, 2.05) is 30.3 Å². The maximum absolute atomic E-state index is 12.2. The third-order valence-electron chi connectivity index (χ3n) is 3.23. The van der Waals surface area contributed by atoms with E-state index in [2.05, 4.69) is 20.5 Å². The van der Waals surface area contributed by atoms with Crippen LogP contribution in [0.4, 0.5) is 11.6 Å². The number of carbonyl (C=O) groups excluding carboxylic acids is 1. The lowest BCUT2D eigenvalue weighted by molar-refractivity contribution is -0.115. The van der Waals surface area contributed by atoms with Crippen LogP contribution in [0.15, 0.2) is 59.8 Å². The lowest BCUT2D eigenvalue weighted by Crippen LogP contribution is -2.22. The fourth-order valence-electron chi connectivity index (χ4n) is 2.00. The number of H-pyrrole nitrogens is 1. The predicted octanol–water partition coefficient (Wildman–Crippen LogP) is 3.30. The van der Waals surface area contributed by atoms with Gasteiger partial charge in [-0.3, -0.25) is 4.79 Å². The molecule has 0 saturated heterocycles. The summed E-state index contributed by atoms with van der Waals surface area (Å²) in [5, 5.41) is 9.36. The normalized spacial score (nSPS) is 11.7. The van der Waals surface area contributed by atoms with Gasteiger partial charge in [0.1, 0.15) is 11.5 Å². The minimum absolute atomic E-state index is 0.148. The van der Waals surface area contributed by atoms with E-state index in [-0.39, 0.29) is 17.1 Å². The Balaban J connectivity index is 1.56. The first-order valence-electron chi connectivity index (χ1n) is 7.58. The minimum Gasteiger partial charge on any atom is -0.457 e. The molecule has 1 heterocycles. The average molecular weight is 355 g/mol. The third kappa shape index (κ3) is 4.74. The van der Waals surface area contributed by atoms with Gasteiger partial charge in [-0.2, -0.15) is 4.98 Å². The molecule has 1 aromatic heterocycles. The number of amides is 1. The molecule has 0 unspecified atom stereocenters. The molecule has 3 aromatic rings. The Morgan fingerprint density at radius 2 is 1.84 bits per heavy atom. The summed E-state index contributed by atoms with van der Waals surface area (Å²) in [6.45, 7) is 1.78. The van der Waals surface area contributed by atoms with E-state index in [4.69, 9.17) is 10.5 Å². The van der Waals surface area contributed by atoms with E-state index in [0.29, 0.717) is 16.6 Å². The summed E-state index contributed by atoms with van der Waals surface area (Å²) in [4.78, 5) is 16.2. The topological polar surface area (TPSA) is 106 Å². The summed E-state index contributed by atoms with van der Waals surface area (Å²) in [7, 11) is 0. The molecule has 8 heteroatoms. The van der Waals surface area contributed by atoms with Crippen molar-refractivity contribution in [3.8, 4) is 11.5 Å². The van der Waals surface area contributed by atoms with Crippen molar-refractivity contribution in [2.45, 2.75) is 17.3 Å². The number of benzene rings is 2. The van der Waals surface area contributed by atoms with Gasteiger partial charge < -0.3 is 15.8 Å². The summed E-state index contributed by atoms with van der Waals surface area (Å²) in [6, 6.07) is 16.7. The quantitative estimate of drug-likeness (QED) is 0.586. The number of para-hydroxylation sites is 1. The Morgan fingerprint density at radius 1 is 1.16 bits per heavy atom. The van der Waals surface area contributed by atoms with Gasteiger partial charge in [0.15, 0.2) is 0 Å². The molecule has 1 atom stereocenters. The molecule has 3 rings (SSSR count). The van der Waals surface area contributed by atoms with Crippen LogP contribution in [-0.4, -0.2) is 26.3 Å². The third-order valence-corrected chi connectivity index (χ3v) is 4.20. The lowest BCUT2D eigenvalue weighted by atomic mass is 10.3. The van der Waals surface area contributed by atoms with Crippen LogP contribution in [-0.2, 0) is 4.79 Å². The fraction of sp³-hybridized carbons (Fsp3) is 0.118. The number of nitrogens with zero attached hydrogens (tertiary/aromatic N) is 2. The number of aromatic nitrogens is 3. The van der Waals surface area contributed by atoms with Gasteiger partial charge in [0.05, 0.1) is 5.25 Å². The number of anilines is 2. The van der Waals surface area contributed by atoms with Crippen molar-refractivity contribution < 1.29 is 9.53 Å². The number of nitrogen functional groups attached to an aromatic ring is 1. The molecule has 0 aliphatic heterocycles. The maximum atomic E-state index is 12.2. The van der Waals surface area contributed by atoms with Crippen LogP contribution in [0.2, 0.25) is 0 Å². The van der Waals surface area contributed by atoms with Gasteiger partial charge in [0, 0.05) is 5.69 Å². The van der Waals surface area contributed by atoms with Gasteiger partial charge in [-0.05, 0) is 43.3 Å². The summed E-state index contributed by atoms with van der Waals surface area (Å²) in [5.74, 6) is 1.53. The summed E-state index contributed by atoms with van der Waals surface area (Å²) >= 11 is 1.23. The van der Waals surface area contributed by atoms with Crippen molar-refractivity contribution in [2.75, 3.05) is 11.1 Å². The van der Waals surface area contributed by atoms with Gasteiger partial charge >= 0.3 is 0 Å². The number of thioether (sulfide) groups is 1. The van der Waals surface area contributed by atoms with Gasteiger partial charge in [0.25, 0.3) is 0 Å². The molecule has 0 spiro atoms. The predicted molar refractivity (Wildman–Crippen MR) is 97.7 cm³/mol. The first kappa shape index (κ1) is 16.8. The zero-order valence-corrected chi connectivity index (χ0v) is 14.3. The summed E-state index contributed by atoms with van der Waals surface area (Å²) in [5.41, 5.74) is 6.16. The standard InChI is InChI=1S/C17H17N5O2S/c1-11(25-17-20-16(18)21-22-17)15(23)19-12-7-9-14(10-8-12)24-13-5-3-2-4-6-13/h2-11H,1H3,(H,19,23)(H3,18,20,21,22)/t11-/m1/s1. The van der Waals surface area contributed by atoms with Crippen LogP contribution >= 0.6 is 11.8 Å².